The quantitative estimate of drug-likeness (QED) is 0.867. The highest BCUT2D eigenvalue weighted by Gasteiger charge is 2.08. The summed E-state index contributed by atoms with van der Waals surface area (Å²) in [6.07, 6.45) is 1.66. The lowest BCUT2D eigenvalue weighted by Crippen LogP contribution is -1.95. The number of nitrogens with zero attached hydrogens (tertiary/aromatic N) is 1. The van der Waals surface area contributed by atoms with Gasteiger partial charge in [-0.1, -0.05) is 17.3 Å². The van der Waals surface area contributed by atoms with Gasteiger partial charge >= 0.3 is 0 Å². The molecule has 0 atom stereocenters. The summed E-state index contributed by atoms with van der Waals surface area (Å²) in [4.78, 5) is 0. The van der Waals surface area contributed by atoms with Crippen molar-refractivity contribution in [3.63, 3.8) is 0 Å². The van der Waals surface area contributed by atoms with Gasteiger partial charge in [-0.2, -0.15) is 0 Å². The van der Waals surface area contributed by atoms with Crippen molar-refractivity contribution in [3.05, 3.63) is 39.6 Å². The van der Waals surface area contributed by atoms with Crippen LogP contribution in [0.1, 0.15) is 5.56 Å². The summed E-state index contributed by atoms with van der Waals surface area (Å²) in [7, 11) is 0. The molecule has 0 unspecified atom stereocenters. The second-order valence-corrected chi connectivity index (χ2v) is 4.14. The molecule has 2 rings (SSSR count). The molecule has 3 nitrogen and oxygen atoms in total. The Bertz CT molecular complexity index is 422. The van der Waals surface area contributed by atoms with E-state index in [-0.39, 0.29) is 0 Å². The van der Waals surface area contributed by atoms with E-state index in [9.17, 15) is 0 Å². The van der Waals surface area contributed by atoms with Crippen LogP contribution < -0.4 is 5.73 Å². The fourth-order valence-corrected chi connectivity index (χ4v) is 1.60. The molecule has 0 aliphatic carbocycles. The molecule has 0 amide bonds. The van der Waals surface area contributed by atoms with E-state index in [0.717, 1.165) is 16.9 Å². The lowest BCUT2D eigenvalue weighted by atomic mass is 10.1. The highest BCUT2D eigenvalue weighted by Crippen LogP contribution is 2.23. The van der Waals surface area contributed by atoms with E-state index in [2.05, 4.69) is 27.7 Å². The first kappa shape index (κ1) is 9.67. The van der Waals surface area contributed by atoms with Crippen LogP contribution in [0.25, 0.3) is 11.3 Å². The maximum atomic E-state index is 5.56. The van der Waals surface area contributed by atoms with Crippen molar-refractivity contribution >= 4 is 22.6 Å². The topological polar surface area (TPSA) is 52.0 Å². The van der Waals surface area contributed by atoms with E-state index >= 15 is 0 Å². The maximum Gasteiger partial charge on any atom is 0.171 e. The third-order valence-corrected chi connectivity index (χ3v) is 2.69. The molecule has 0 aliphatic rings. The summed E-state index contributed by atoms with van der Waals surface area (Å²) in [6, 6.07) is 8.06. The van der Waals surface area contributed by atoms with E-state index in [0.29, 0.717) is 6.54 Å². The van der Waals surface area contributed by atoms with Gasteiger partial charge in [0.05, 0.1) is 6.20 Å². The minimum Gasteiger partial charge on any atom is -0.356 e. The van der Waals surface area contributed by atoms with Gasteiger partial charge in [0.15, 0.2) is 5.76 Å². The minimum atomic E-state index is 0.449. The first-order valence-corrected chi connectivity index (χ1v) is 5.28. The highest BCUT2D eigenvalue weighted by molar-refractivity contribution is 14.1. The zero-order chi connectivity index (χ0) is 9.97. The van der Waals surface area contributed by atoms with Crippen LogP contribution in [-0.4, -0.2) is 5.16 Å². The molecule has 0 saturated carbocycles. The van der Waals surface area contributed by atoms with Crippen molar-refractivity contribution in [2.45, 2.75) is 6.54 Å². The van der Waals surface area contributed by atoms with Crippen LogP contribution in [0, 0.1) is 3.57 Å². The van der Waals surface area contributed by atoms with Crippen molar-refractivity contribution in [2.75, 3.05) is 0 Å². The first-order chi connectivity index (χ1) is 6.81. The normalized spacial score (nSPS) is 10.4. The van der Waals surface area contributed by atoms with Crippen LogP contribution in [0.2, 0.25) is 0 Å². The van der Waals surface area contributed by atoms with Crippen LogP contribution in [0.15, 0.2) is 35.0 Å². The zero-order valence-corrected chi connectivity index (χ0v) is 9.56. The molecule has 1 heterocycles. The summed E-state index contributed by atoms with van der Waals surface area (Å²) in [5.74, 6) is 0.768. The van der Waals surface area contributed by atoms with E-state index in [1.165, 1.54) is 3.57 Å². The Morgan fingerprint density at radius 3 is 2.64 bits per heavy atom. The van der Waals surface area contributed by atoms with Crippen molar-refractivity contribution in [3.8, 4) is 11.3 Å². The standard InChI is InChI=1S/C10H9IN2O/c11-9-3-1-7(2-4-9)10-8(5-12)6-13-14-10/h1-4,6H,5,12H2. The number of halogens is 1. The summed E-state index contributed by atoms with van der Waals surface area (Å²) in [6.45, 7) is 0.449. The Hall–Kier alpha value is -0.880. The average molecular weight is 300 g/mol. The summed E-state index contributed by atoms with van der Waals surface area (Å²) >= 11 is 2.26. The third kappa shape index (κ3) is 1.80. The molecule has 1 aromatic carbocycles. The van der Waals surface area contributed by atoms with Gasteiger partial charge < -0.3 is 10.3 Å². The molecule has 0 radical (unpaired) electrons. The molecule has 0 saturated heterocycles. The second kappa shape index (κ2) is 4.10. The van der Waals surface area contributed by atoms with Crippen LogP contribution in [0.5, 0.6) is 0 Å². The Morgan fingerprint density at radius 2 is 2.00 bits per heavy atom. The van der Waals surface area contributed by atoms with Crippen molar-refractivity contribution < 1.29 is 4.52 Å². The Kier molecular flexibility index (Phi) is 2.83. The molecule has 2 aromatic rings. The Labute approximate surface area is 95.4 Å². The molecule has 0 aliphatic heterocycles. The largest absolute Gasteiger partial charge is 0.356 e. The molecule has 1 aromatic heterocycles. The SMILES string of the molecule is NCc1cnoc1-c1ccc(I)cc1. The Balaban J connectivity index is 2.44. The molecule has 4 heteroatoms. The number of benzene rings is 1. The fourth-order valence-electron chi connectivity index (χ4n) is 1.24. The molecule has 72 valence electrons. The Morgan fingerprint density at radius 1 is 1.29 bits per heavy atom. The molecule has 0 fully saturated rings. The lowest BCUT2D eigenvalue weighted by Gasteiger charge is -1.98. The smallest absolute Gasteiger partial charge is 0.171 e. The number of nitrogens with two attached hydrogens (primary N) is 1. The second-order valence-electron chi connectivity index (χ2n) is 2.89. The van der Waals surface area contributed by atoms with E-state index in [1.807, 2.05) is 24.3 Å². The molecule has 2 N–H and O–H groups in total. The van der Waals surface area contributed by atoms with Crippen LogP contribution in [0.4, 0.5) is 0 Å². The van der Waals surface area contributed by atoms with Crippen molar-refractivity contribution in [2.24, 2.45) is 5.73 Å². The summed E-state index contributed by atoms with van der Waals surface area (Å²) < 4.78 is 6.34. The predicted octanol–water partition coefficient (Wildman–Crippen LogP) is 2.40. The fraction of sp³-hybridized carbons (Fsp3) is 0.100. The van der Waals surface area contributed by atoms with Gasteiger partial charge in [-0.25, -0.2) is 0 Å². The van der Waals surface area contributed by atoms with Gasteiger partial charge in [-0.05, 0) is 34.7 Å². The van der Waals surface area contributed by atoms with Crippen molar-refractivity contribution in [1.82, 2.24) is 5.16 Å². The van der Waals surface area contributed by atoms with Crippen molar-refractivity contribution in [1.29, 1.82) is 0 Å². The van der Waals surface area contributed by atoms with E-state index < -0.39 is 0 Å². The number of rotatable bonds is 2. The van der Waals surface area contributed by atoms with Gasteiger partial charge in [-0.3, -0.25) is 0 Å². The van der Waals surface area contributed by atoms with Crippen LogP contribution in [0.3, 0.4) is 0 Å². The molecule has 0 spiro atoms. The van der Waals surface area contributed by atoms with Gasteiger partial charge in [-0.15, -0.1) is 0 Å². The average Bonchev–Trinajstić information content (AvgIpc) is 2.67. The van der Waals surface area contributed by atoms with Gasteiger partial charge in [0.25, 0.3) is 0 Å². The van der Waals surface area contributed by atoms with E-state index in [4.69, 9.17) is 10.3 Å². The molecular formula is C10H9IN2O. The van der Waals surface area contributed by atoms with Gasteiger partial charge in [0.2, 0.25) is 0 Å². The number of hydrogen-bond acceptors (Lipinski definition) is 3. The molecular weight excluding hydrogens is 291 g/mol. The minimum absolute atomic E-state index is 0.449. The van der Waals surface area contributed by atoms with Crippen LogP contribution >= 0.6 is 22.6 Å². The first-order valence-electron chi connectivity index (χ1n) is 4.21. The maximum absolute atomic E-state index is 5.56. The molecule has 0 bridgehead atoms. The summed E-state index contributed by atoms with van der Waals surface area (Å²) in [5, 5.41) is 3.73. The van der Waals surface area contributed by atoms with E-state index in [1.54, 1.807) is 6.20 Å². The third-order valence-electron chi connectivity index (χ3n) is 1.97. The highest BCUT2D eigenvalue weighted by atomic mass is 127. The zero-order valence-electron chi connectivity index (χ0n) is 7.40. The monoisotopic (exact) mass is 300 g/mol. The van der Waals surface area contributed by atoms with Gasteiger partial charge in [0, 0.05) is 21.2 Å². The summed E-state index contributed by atoms with van der Waals surface area (Å²) in [5.41, 5.74) is 7.51. The number of hydrogen-bond donors (Lipinski definition) is 1. The number of aromatic nitrogens is 1. The predicted molar refractivity (Wildman–Crippen MR) is 62.5 cm³/mol. The lowest BCUT2D eigenvalue weighted by molar-refractivity contribution is 0.431. The van der Waals surface area contributed by atoms with Crippen LogP contribution in [-0.2, 0) is 6.54 Å². The van der Waals surface area contributed by atoms with Gasteiger partial charge in [0.1, 0.15) is 0 Å². The molecule has 14 heavy (non-hydrogen) atoms.